The van der Waals surface area contributed by atoms with E-state index < -0.39 is 6.17 Å². The fraction of sp³-hybridized carbons (Fsp3) is 0.750. The van der Waals surface area contributed by atoms with Gasteiger partial charge in [-0.05, 0) is 26.2 Å². The van der Waals surface area contributed by atoms with Crippen molar-refractivity contribution in [3.8, 4) is 0 Å². The van der Waals surface area contributed by atoms with Gasteiger partial charge in [-0.25, -0.2) is 9.37 Å². The molecule has 0 aromatic carbocycles. The molecule has 0 radical (unpaired) electrons. The van der Waals surface area contributed by atoms with Gasteiger partial charge in [-0.1, -0.05) is 0 Å². The van der Waals surface area contributed by atoms with Gasteiger partial charge < -0.3 is 10.1 Å². The van der Waals surface area contributed by atoms with Gasteiger partial charge in [-0.15, -0.1) is 11.3 Å². The van der Waals surface area contributed by atoms with Crippen LogP contribution < -0.4 is 5.32 Å². The van der Waals surface area contributed by atoms with Crippen LogP contribution in [0.3, 0.4) is 0 Å². The molecule has 1 amide bonds. The Labute approximate surface area is 140 Å². The SMILES string of the molecule is Cc1nc(CN2C[C@@H](F)C[C@H]2CNC(=O)[C@H]2CCCOC2)cs1. The number of nitrogens with zero attached hydrogens (tertiary/aromatic N) is 2. The van der Waals surface area contributed by atoms with Crippen molar-refractivity contribution in [2.75, 3.05) is 26.3 Å². The third-order valence-electron chi connectivity index (χ3n) is 4.55. The number of amides is 1. The Hall–Kier alpha value is -1.05. The third kappa shape index (κ3) is 4.49. The van der Waals surface area contributed by atoms with Crippen LogP contribution in [0.1, 0.15) is 30.0 Å². The molecule has 0 aliphatic carbocycles. The van der Waals surface area contributed by atoms with Crippen LogP contribution in [-0.2, 0) is 16.1 Å². The largest absolute Gasteiger partial charge is 0.381 e. The van der Waals surface area contributed by atoms with Crippen molar-refractivity contribution in [3.63, 3.8) is 0 Å². The van der Waals surface area contributed by atoms with E-state index in [1.807, 2.05) is 12.3 Å². The lowest BCUT2D eigenvalue weighted by molar-refractivity contribution is -0.129. The van der Waals surface area contributed by atoms with E-state index >= 15 is 0 Å². The first-order valence-electron chi connectivity index (χ1n) is 8.26. The summed E-state index contributed by atoms with van der Waals surface area (Å²) < 4.78 is 19.2. The molecule has 128 valence electrons. The summed E-state index contributed by atoms with van der Waals surface area (Å²) in [6.07, 6.45) is 1.47. The molecule has 2 fully saturated rings. The lowest BCUT2D eigenvalue weighted by Gasteiger charge is -2.26. The zero-order chi connectivity index (χ0) is 16.2. The van der Waals surface area contributed by atoms with Crippen LogP contribution in [0, 0.1) is 12.8 Å². The Balaban J connectivity index is 1.51. The van der Waals surface area contributed by atoms with Gasteiger partial charge in [-0.3, -0.25) is 9.69 Å². The molecule has 23 heavy (non-hydrogen) atoms. The lowest BCUT2D eigenvalue weighted by atomic mass is 10.0. The van der Waals surface area contributed by atoms with Crippen LogP contribution in [0.25, 0.3) is 0 Å². The fourth-order valence-electron chi connectivity index (χ4n) is 3.33. The number of aryl methyl sites for hydroxylation is 1. The molecule has 0 saturated carbocycles. The van der Waals surface area contributed by atoms with Gasteiger partial charge >= 0.3 is 0 Å². The predicted molar refractivity (Wildman–Crippen MR) is 87.1 cm³/mol. The molecule has 3 heterocycles. The topological polar surface area (TPSA) is 54.5 Å². The number of ether oxygens (including phenoxy) is 1. The van der Waals surface area contributed by atoms with Crippen LogP contribution in [-0.4, -0.2) is 54.3 Å². The quantitative estimate of drug-likeness (QED) is 0.889. The number of halogens is 1. The molecule has 1 N–H and O–H groups in total. The summed E-state index contributed by atoms with van der Waals surface area (Å²) in [5.74, 6) is -0.0163. The Morgan fingerprint density at radius 1 is 1.61 bits per heavy atom. The molecule has 0 bridgehead atoms. The summed E-state index contributed by atoms with van der Waals surface area (Å²) in [5, 5.41) is 6.04. The molecular formula is C16H24FN3O2S. The highest BCUT2D eigenvalue weighted by Crippen LogP contribution is 2.23. The first-order valence-corrected chi connectivity index (χ1v) is 9.14. The van der Waals surface area contributed by atoms with Gasteiger partial charge in [0.1, 0.15) is 6.17 Å². The van der Waals surface area contributed by atoms with Crippen molar-refractivity contribution in [2.24, 2.45) is 5.92 Å². The number of likely N-dealkylation sites (tertiary alicyclic amines) is 1. The number of alkyl halides is 1. The van der Waals surface area contributed by atoms with Crippen LogP contribution >= 0.6 is 11.3 Å². The Bertz CT molecular complexity index is 533. The van der Waals surface area contributed by atoms with Crippen molar-refractivity contribution in [1.29, 1.82) is 0 Å². The molecule has 0 spiro atoms. The monoisotopic (exact) mass is 341 g/mol. The lowest BCUT2D eigenvalue weighted by Crippen LogP contribution is -2.43. The highest BCUT2D eigenvalue weighted by Gasteiger charge is 2.33. The number of carbonyl (C=O) groups excluding carboxylic acids is 1. The van der Waals surface area contributed by atoms with Gasteiger partial charge in [0.15, 0.2) is 0 Å². The van der Waals surface area contributed by atoms with E-state index in [1.54, 1.807) is 11.3 Å². The summed E-state index contributed by atoms with van der Waals surface area (Å²) in [6.45, 7) is 4.79. The molecule has 3 rings (SSSR count). The van der Waals surface area contributed by atoms with Crippen molar-refractivity contribution < 1.29 is 13.9 Å². The van der Waals surface area contributed by atoms with E-state index in [9.17, 15) is 9.18 Å². The number of hydrogen-bond donors (Lipinski definition) is 1. The number of hydrogen-bond acceptors (Lipinski definition) is 5. The summed E-state index contributed by atoms with van der Waals surface area (Å²) in [7, 11) is 0. The third-order valence-corrected chi connectivity index (χ3v) is 5.37. The van der Waals surface area contributed by atoms with Crippen LogP contribution in [0.5, 0.6) is 0 Å². The minimum Gasteiger partial charge on any atom is -0.381 e. The normalized spacial score (nSPS) is 28.9. The zero-order valence-electron chi connectivity index (χ0n) is 13.5. The summed E-state index contributed by atoms with van der Waals surface area (Å²) in [6, 6.07) is 0.0421. The molecule has 1 aromatic rings. The molecule has 5 nitrogen and oxygen atoms in total. The standard InChI is InChI=1S/C16H24FN3O2S/c1-11-19-14(10-23-11)8-20-7-13(17)5-15(20)6-18-16(21)12-3-2-4-22-9-12/h10,12-13,15H,2-9H2,1H3,(H,18,21)/t12-,13-,15-/m0/s1. The van der Waals surface area contributed by atoms with E-state index in [-0.39, 0.29) is 17.9 Å². The molecular weight excluding hydrogens is 317 g/mol. The molecule has 0 unspecified atom stereocenters. The summed E-state index contributed by atoms with van der Waals surface area (Å²) >= 11 is 1.61. The second-order valence-corrected chi connectivity index (χ2v) is 7.50. The van der Waals surface area contributed by atoms with E-state index in [0.29, 0.717) is 32.7 Å². The Morgan fingerprint density at radius 3 is 3.17 bits per heavy atom. The first-order chi connectivity index (χ1) is 11.1. The number of carbonyl (C=O) groups is 1. The van der Waals surface area contributed by atoms with Gasteiger partial charge in [0, 0.05) is 37.7 Å². The first kappa shape index (κ1) is 16.8. The molecule has 1 aromatic heterocycles. The maximum absolute atomic E-state index is 13.8. The van der Waals surface area contributed by atoms with Gasteiger partial charge in [0.05, 0.1) is 23.2 Å². The van der Waals surface area contributed by atoms with Crippen LogP contribution in [0.4, 0.5) is 4.39 Å². The number of nitrogens with one attached hydrogen (secondary N) is 1. The minimum absolute atomic E-state index is 0.0384. The summed E-state index contributed by atoms with van der Waals surface area (Å²) in [5.41, 5.74) is 0.985. The van der Waals surface area contributed by atoms with Crippen LogP contribution in [0.15, 0.2) is 5.38 Å². The van der Waals surface area contributed by atoms with Crippen molar-refractivity contribution in [2.45, 2.75) is 44.9 Å². The average Bonchev–Trinajstić information content (AvgIpc) is 3.11. The summed E-state index contributed by atoms with van der Waals surface area (Å²) in [4.78, 5) is 18.7. The fourth-order valence-corrected chi connectivity index (χ4v) is 3.93. The molecule has 2 aliphatic rings. The number of rotatable bonds is 5. The Kier molecular flexibility index (Phi) is 5.61. The second kappa shape index (κ2) is 7.68. The van der Waals surface area contributed by atoms with Crippen molar-refractivity contribution >= 4 is 17.2 Å². The van der Waals surface area contributed by atoms with E-state index in [0.717, 1.165) is 30.2 Å². The number of aromatic nitrogens is 1. The predicted octanol–water partition coefficient (Wildman–Crippen LogP) is 1.91. The van der Waals surface area contributed by atoms with Gasteiger partial charge in [-0.2, -0.15) is 0 Å². The number of thiazole rings is 1. The van der Waals surface area contributed by atoms with Crippen molar-refractivity contribution in [1.82, 2.24) is 15.2 Å². The molecule has 2 saturated heterocycles. The van der Waals surface area contributed by atoms with Gasteiger partial charge in [0.25, 0.3) is 0 Å². The van der Waals surface area contributed by atoms with E-state index in [1.165, 1.54) is 0 Å². The van der Waals surface area contributed by atoms with Crippen LogP contribution in [0.2, 0.25) is 0 Å². The van der Waals surface area contributed by atoms with E-state index in [4.69, 9.17) is 4.74 Å². The molecule has 7 heteroatoms. The molecule has 3 atom stereocenters. The molecule has 2 aliphatic heterocycles. The zero-order valence-corrected chi connectivity index (χ0v) is 14.3. The second-order valence-electron chi connectivity index (χ2n) is 6.43. The van der Waals surface area contributed by atoms with E-state index in [2.05, 4.69) is 15.2 Å². The maximum atomic E-state index is 13.8. The average molecular weight is 341 g/mol. The maximum Gasteiger partial charge on any atom is 0.225 e. The Morgan fingerprint density at radius 2 is 2.48 bits per heavy atom. The smallest absolute Gasteiger partial charge is 0.225 e. The minimum atomic E-state index is -0.824. The van der Waals surface area contributed by atoms with Gasteiger partial charge in [0.2, 0.25) is 5.91 Å². The van der Waals surface area contributed by atoms with Crippen molar-refractivity contribution in [3.05, 3.63) is 16.1 Å². The highest BCUT2D eigenvalue weighted by atomic mass is 32.1. The highest BCUT2D eigenvalue weighted by molar-refractivity contribution is 7.09.